The Morgan fingerprint density at radius 2 is 2.29 bits per heavy atom. The zero-order chi connectivity index (χ0) is 12.1. The van der Waals surface area contributed by atoms with E-state index in [1.807, 2.05) is 11.3 Å². The number of hydrogen-bond acceptors (Lipinski definition) is 2. The molecule has 0 aliphatic heterocycles. The van der Waals surface area contributed by atoms with E-state index in [4.69, 9.17) is 0 Å². The van der Waals surface area contributed by atoms with Gasteiger partial charge in [-0.1, -0.05) is 26.2 Å². The minimum Gasteiger partial charge on any atom is -0.319 e. The standard InChI is InChI=1S/C15H25NS/c1-3-4-12-5-6-13(10-16-2)15(9-12)14-7-8-17-11-14/h7-8,11-13,15-16H,3-6,9-10H2,1-2H3. The number of hydrogen-bond donors (Lipinski definition) is 1. The van der Waals surface area contributed by atoms with E-state index in [1.165, 1.54) is 38.6 Å². The fraction of sp³-hybridized carbons (Fsp3) is 0.733. The molecule has 17 heavy (non-hydrogen) atoms. The molecule has 0 bridgehead atoms. The van der Waals surface area contributed by atoms with Crippen LogP contribution in [0.15, 0.2) is 16.8 Å². The number of rotatable bonds is 5. The van der Waals surface area contributed by atoms with Crippen molar-refractivity contribution >= 4 is 11.3 Å². The molecule has 0 spiro atoms. The molecule has 3 unspecified atom stereocenters. The quantitative estimate of drug-likeness (QED) is 0.824. The lowest BCUT2D eigenvalue weighted by atomic mass is 9.70. The lowest BCUT2D eigenvalue weighted by molar-refractivity contribution is 0.223. The highest BCUT2D eigenvalue weighted by Crippen LogP contribution is 2.42. The van der Waals surface area contributed by atoms with E-state index in [2.05, 4.69) is 36.1 Å². The lowest BCUT2D eigenvalue weighted by Gasteiger charge is -2.36. The van der Waals surface area contributed by atoms with Crippen LogP contribution in [0, 0.1) is 11.8 Å². The molecule has 0 aromatic carbocycles. The zero-order valence-electron chi connectivity index (χ0n) is 11.1. The van der Waals surface area contributed by atoms with Gasteiger partial charge < -0.3 is 5.32 Å². The largest absolute Gasteiger partial charge is 0.319 e. The molecule has 1 heterocycles. The SMILES string of the molecule is CCCC1CCC(CNC)C(c2ccsc2)C1. The van der Waals surface area contributed by atoms with Crippen LogP contribution in [0.5, 0.6) is 0 Å². The van der Waals surface area contributed by atoms with E-state index < -0.39 is 0 Å². The van der Waals surface area contributed by atoms with Crippen LogP contribution in [0.2, 0.25) is 0 Å². The van der Waals surface area contributed by atoms with Crippen molar-refractivity contribution in [2.45, 2.75) is 44.9 Å². The third-order valence-corrected chi connectivity index (χ3v) is 4.94. The molecular weight excluding hydrogens is 226 g/mol. The van der Waals surface area contributed by atoms with Crippen molar-refractivity contribution in [3.8, 4) is 0 Å². The van der Waals surface area contributed by atoms with E-state index in [9.17, 15) is 0 Å². The van der Waals surface area contributed by atoms with Gasteiger partial charge in [0.1, 0.15) is 0 Å². The van der Waals surface area contributed by atoms with Crippen LogP contribution >= 0.6 is 11.3 Å². The fourth-order valence-electron chi connectivity index (χ4n) is 3.39. The van der Waals surface area contributed by atoms with Crippen LogP contribution in [0.3, 0.4) is 0 Å². The summed E-state index contributed by atoms with van der Waals surface area (Å²) in [5, 5.41) is 7.97. The number of thiophene rings is 1. The maximum atomic E-state index is 3.38. The van der Waals surface area contributed by atoms with Crippen LogP contribution in [0.1, 0.15) is 50.5 Å². The van der Waals surface area contributed by atoms with Gasteiger partial charge in [0.2, 0.25) is 0 Å². The first-order chi connectivity index (χ1) is 8.35. The van der Waals surface area contributed by atoms with E-state index in [0.29, 0.717) is 0 Å². The molecule has 2 rings (SSSR count). The average molecular weight is 251 g/mol. The van der Waals surface area contributed by atoms with Gasteiger partial charge in [-0.3, -0.25) is 0 Å². The summed E-state index contributed by atoms with van der Waals surface area (Å²) in [6.07, 6.45) is 7.04. The van der Waals surface area contributed by atoms with Gasteiger partial charge in [0.15, 0.2) is 0 Å². The Kier molecular flexibility index (Phi) is 5.05. The lowest BCUT2D eigenvalue weighted by Crippen LogP contribution is -2.30. The van der Waals surface area contributed by atoms with Crippen molar-refractivity contribution < 1.29 is 0 Å². The highest BCUT2D eigenvalue weighted by Gasteiger charge is 2.30. The van der Waals surface area contributed by atoms with Gasteiger partial charge >= 0.3 is 0 Å². The Balaban J connectivity index is 2.04. The summed E-state index contributed by atoms with van der Waals surface area (Å²) in [5.74, 6) is 2.62. The molecule has 3 atom stereocenters. The highest BCUT2D eigenvalue weighted by atomic mass is 32.1. The summed E-state index contributed by atoms with van der Waals surface area (Å²) in [4.78, 5) is 0. The predicted molar refractivity (Wildman–Crippen MR) is 76.7 cm³/mol. The molecule has 1 nitrogen and oxygen atoms in total. The summed E-state index contributed by atoms with van der Waals surface area (Å²) in [6, 6.07) is 2.34. The zero-order valence-corrected chi connectivity index (χ0v) is 11.9. The van der Waals surface area contributed by atoms with Gasteiger partial charge in [0.05, 0.1) is 0 Å². The maximum absolute atomic E-state index is 3.38. The summed E-state index contributed by atoms with van der Waals surface area (Å²) in [5.41, 5.74) is 1.59. The van der Waals surface area contributed by atoms with Gasteiger partial charge in [0.25, 0.3) is 0 Å². The minimum absolute atomic E-state index is 0.805. The summed E-state index contributed by atoms with van der Waals surface area (Å²) < 4.78 is 0. The van der Waals surface area contributed by atoms with Crippen molar-refractivity contribution in [2.75, 3.05) is 13.6 Å². The average Bonchev–Trinajstić information content (AvgIpc) is 2.85. The third-order valence-electron chi connectivity index (χ3n) is 4.24. The number of nitrogens with one attached hydrogen (secondary N) is 1. The highest BCUT2D eigenvalue weighted by molar-refractivity contribution is 7.07. The molecule has 0 radical (unpaired) electrons. The summed E-state index contributed by atoms with van der Waals surface area (Å²) >= 11 is 1.85. The van der Waals surface area contributed by atoms with Crippen LogP contribution in [-0.2, 0) is 0 Å². The molecule has 1 saturated carbocycles. The first kappa shape index (κ1) is 13.1. The first-order valence-corrected chi connectivity index (χ1v) is 7.96. The van der Waals surface area contributed by atoms with Crippen LogP contribution in [0.4, 0.5) is 0 Å². The molecule has 1 aromatic heterocycles. The molecule has 1 fully saturated rings. The Morgan fingerprint density at radius 1 is 1.41 bits per heavy atom. The van der Waals surface area contributed by atoms with Crippen molar-refractivity contribution in [1.29, 1.82) is 0 Å². The van der Waals surface area contributed by atoms with Crippen molar-refractivity contribution in [3.05, 3.63) is 22.4 Å². The second-order valence-corrected chi connectivity index (χ2v) is 6.23. The van der Waals surface area contributed by atoms with Gasteiger partial charge in [-0.15, -0.1) is 0 Å². The molecule has 1 aliphatic carbocycles. The van der Waals surface area contributed by atoms with Gasteiger partial charge in [-0.2, -0.15) is 11.3 Å². The predicted octanol–water partition coefficient (Wildman–Crippen LogP) is 4.27. The van der Waals surface area contributed by atoms with Crippen molar-refractivity contribution in [3.63, 3.8) is 0 Å². The Bertz CT molecular complexity index is 307. The van der Waals surface area contributed by atoms with Crippen molar-refractivity contribution in [2.24, 2.45) is 11.8 Å². The maximum Gasteiger partial charge on any atom is -0.00177 e. The Morgan fingerprint density at radius 3 is 2.94 bits per heavy atom. The van der Waals surface area contributed by atoms with E-state index >= 15 is 0 Å². The van der Waals surface area contributed by atoms with E-state index in [-0.39, 0.29) is 0 Å². The molecule has 1 N–H and O–H groups in total. The molecule has 2 heteroatoms. The smallest absolute Gasteiger partial charge is 0.00177 e. The second-order valence-electron chi connectivity index (χ2n) is 5.45. The molecule has 96 valence electrons. The van der Waals surface area contributed by atoms with Crippen LogP contribution < -0.4 is 5.32 Å². The summed E-state index contributed by atoms with van der Waals surface area (Å²) in [6.45, 7) is 3.50. The summed E-state index contributed by atoms with van der Waals surface area (Å²) in [7, 11) is 2.09. The molecule has 1 aromatic rings. The van der Waals surface area contributed by atoms with Gasteiger partial charge in [-0.05, 0) is 66.6 Å². The van der Waals surface area contributed by atoms with E-state index in [1.54, 1.807) is 5.56 Å². The van der Waals surface area contributed by atoms with Crippen molar-refractivity contribution in [1.82, 2.24) is 5.32 Å². The second kappa shape index (κ2) is 6.55. The van der Waals surface area contributed by atoms with Gasteiger partial charge in [-0.25, -0.2) is 0 Å². The molecule has 0 amide bonds. The Hall–Kier alpha value is -0.340. The Labute approximate surface area is 110 Å². The first-order valence-electron chi connectivity index (χ1n) is 7.01. The van der Waals surface area contributed by atoms with E-state index in [0.717, 1.165) is 17.8 Å². The molecule has 1 aliphatic rings. The van der Waals surface area contributed by atoms with Gasteiger partial charge in [0, 0.05) is 0 Å². The minimum atomic E-state index is 0.805. The third kappa shape index (κ3) is 3.32. The normalized spacial score (nSPS) is 29.4. The molecule has 0 saturated heterocycles. The van der Waals surface area contributed by atoms with Crippen LogP contribution in [-0.4, -0.2) is 13.6 Å². The van der Waals surface area contributed by atoms with Crippen LogP contribution in [0.25, 0.3) is 0 Å². The topological polar surface area (TPSA) is 12.0 Å². The molecular formula is C15H25NS. The monoisotopic (exact) mass is 251 g/mol. The fourth-order valence-corrected chi connectivity index (χ4v) is 4.12.